The highest BCUT2D eigenvalue weighted by Gasteiger charge is 2.44. The number of anilines is 1. The minimum Gasteiger partial charge on any atom is -0.480 e. The van der Waals surface area contributed by atoms with Gasteiger partial charge in [-0.3, -0.25) is 14.5 Å². The van der Waals surface area contributed by atoms with Gasteiger partial charge in [-0.25, -0.2) is 4.79 Å². The zero-order valence-electron chi connectivity index (χ0n) is 15.1. The van der Waals surface area contributed by atoms with E-state index in [1.165, 1.54) is 12.3 Å². The van der Waals surface area contributed by atoms with Gasteiger partial charge in [-0.2, -0.15) is 0 Å². The van der Waals surface area contributed by atoms with Crippen LogP contribution in [0, 0.1) is 0 Å². The molecule has 0 spiro atoms. The van der Waals surface area contributed by atoms with Crippen LogP contribution in [0.3, 0.4) is 0 Å². The SMILES string of the molecule is CC(O)(O)CCC(C(=O)O)N1C(=O)c2cccc(NCc3ccco3)c2C1=O. The van der Waals surface area contributed by atoms with E-state index in [2.05, 4.69) is 5.32 Å². The Morgan fingerprint density at radius 2 is 1.96 bits per heavy atom. The van der Waals surface area contributed by atoms with Crippen LogP contribution >= 0.6 is 0 Å². The van der Waals surface area contributed by atoms with E-state index in [0.717, 1.165) is 6.92 Å². The van der Waals surface area contributed by atoms with E-state index in [0.29, 0.717) is 16.3 Å². The normalized spacial score (nSPS) is 14.9. The summed E-state index contributed by atoms with van der Waals surface area (Å²) in [6.45, 7) is 1.38. The molecule has 0 radical (unpaired) electrons. The number of carboxylic acids is 1. The molecule has 2 heterocycles. The second-order valence-corrected chi connectivity index (χ2v) is 6.75. The Labute approximate surface area is 160 Å². The lowest BCUT2D eigenvalue weighted by Gasteiger charge is -2.25. The fourth-order valence-corrected chi connectivity index (χ4v) is 3.10. The molecule has 2 aromatic rings. The van der Waals surface area contributed by atoms with Gasteiger partial charge in [0.05, 0.1) is 23.9 Å². The molecule has 4 N–H and O–H groups in total. The lowest BCUT2D eigenvalue weighted by atomic mass is 10.1. The van der Waals surface area contributed by atoms with Gasteiger partial charge in [-0.15, -0.1) is 0 Å². The third-order valence-electron chi connectivity index (χ3n) is 4.47. The van der Waals surface area contributed by atoms with Crippen molar-refractivity contribution in [3.05, 3.63) is 53.5 Å². The molecular weight excluding hydrogens is 368 g/mol. The number of rotatable bonds is 8. The highest BCUT2D eigenvalue weighted by Crippen LogP contribution is 2.32. The van der Waals surface area contributed by atoms with Gasteiger partial charge in [0.25, 0.3) is 11.8 Å². The Balaban J connectivity index is 1.87. The molecule has 1 aromatic heterocycles. The number of aliphatic carboxylic acids is 1. The van der Waals surface area contributed by atoms with Crippen molar-refractivity contribution >= 4 is 23.5 Å². The van der Waals surface area contributed by atoms with Crippen molar-refractivity contribution < 1.29 is 34.1 Å². The maximum atomic E-state index is 12.9. The van der Waals surface area contributed by atoms with Crippen molar-refractivity contribution in [1.29, 1.82) is 0 Å². The van der Waals surface area contributed by atoms with E-state index in [-0.39, 0.29) is 30.5 Å². The lowest BCUT2D eigenvalue weighted by Crippen LogP contribution is -2.45. The van der Waals surface area contributed by atoms with Crippen LogP contribution in [0.1, 0.15) is 46.2 Å². The van der Waals surface area contributed by atoms with Crippen molar-refractivity contribution in [3.8, 4) is 0 Å². The standard InChI is InChI=1S/C19H20N2O7/c1-19(26,27)8-7-14(18(24)25)21-16(22)12-5-2-6-13(15(12)17(21)23)20-10-11-4-3-9-28-11/h2-6,9,14,20,26-27H,7-8,10H2,1H3,(H,24,25). The predicted molar refractivity (Wildman–Crippen MR) is 96.5 cm³/mol. The largest absolute Gasteiger partial charge is 0.480 e. The quantitative estimate of drug-likeness (QED) is 0.393. The van der Waals surface area contributed by atoms with Crippen molar-refractivity contribution in [1.82, 2.24) is 4.90 Å². The number of hydrogen-bond donors (Lipinski definition) is 4. The number of carboxylic acid groups (broad SMARTS) is 1. The Morgan fingerprint density at radius 3 is 2.57 bits per heavy atom. The summed E-state index contributed by atoms with van der Waals surface area (Å²) in [5.41, 5.74) is 0.561. The number of nitrogens with one attached hydrogen (secondary N) is 1. The minimum absolute atomic E-state index is 0.0843. The van der Waals surface area contributed by atoms with Crippen LogP contribution in [-0.2, 0) is 11.3 Å². The third-order valence-corrected chi connectivity index (χ3v) is 4.47. The second kappa shape index (κ2) is 7.45. The molecule has 9 heteroatoms. The molecule has 0 saturated carbocycles. The number of carbonyl (C=O) groups excluding carboxylic acids is 2. The van der Waals surface area contributed by atoms with Crippen LogP contribution in [0.25, 0.3) is 0 Å². The molecular formula is C19H20N2O7. The first-order valence-electron chi connectivity index (χ1n) is 8.64. The number of hydrogen-bond acceptors (Lipinski definition) is 7. The van der Waals surface area contributed by atoms with E-state index >= 15 is 0 Å². The summed E-state index contributed by atoms with van der Waals surface area (Å²) < 4.78 is 5.23. The van der Waals surface area contributed by atoms with E-state index < -0.39 is 29.6 Å². The van der Waals surface area contributed by atoms with E-state index in [9.17, 15) is 29.7 Å². The first kappa shape index (κ1) is 19.6. The zero-order valence-corrected chi connectivity index (χ0v) is 15.1. The highest BCUT2D eigenvalue weighted by atomic mass is 16.5. The first-order chi connectivity index (χ1) is 13.2. The molecule has 3 rings (SSSR count). The number of amides is 2. The summed E-state index contributed by atoms with van der Waals surface area (Å²) in [7, 11) is 0. The van der Waals surface area contributed by atoms with E-state index in [4.69, 9.17) is 4.42 Å². The molecule has 28 heavy (non-hydrogen) atoms. The number of carbonyl (C=O) groups is 3. The highest BCUT2D eigenvalue weighted by molar-refractivity contribution is 6.24. The Bertz CT molecular complexity index is 900. The summed E-state index contributed by atoms with van der Waals surface area (Å²) in [5, 5.41) is 31.4. The van der Waals surface area contributed by atoms with Gasteiger partial charge in [0.15, 0.2) is 5.79 Å². The van der Waals surface area contributed by atoms with Crippen LogP contribution in [0.15, 0.2) is 41.0 Å². The molecule has 1 atom stereocenters. The lowest BCUT2D eigenvalue weighted by molar-refractivity contribution is -0.156. The maximum absolute atomic E-state index is 12.9. The molecule has 148 valence electrons. The fourth-order valence-electron chi connectivity index (χ4n) is 3.10. The van der Waals surface area contributed by atoms with Crippen molar-refractivity contribution in [2.75, 3.05) is 5.32 Å². The molecule has 0 aliphatic carbocycles. The molecule has 1 aliphatic rings. The number of benzene rings is 1. The second-order valence-electron chi connectivity index (χ2n) is 6.75. The third kappa shape index (κ3) is 3.90. The monoisotopic (exact) mass is 388 g/mol. The number of fused-ring (bicyclic) bond motifs is 1. The van der Waals surface area contributed by atoms with E-state index in [1.54, 1.807) is 24.3 Å². The summed E-state index contributed by atoms with van der Waals surface area (Å²) >= 11 is 0. The zero-order chi connectivity index (χ0) is 20.5. The molecule has 0 fully saturated rings. The van der Waals surface area contributed by atoms with Gasteiger partial charge >= 0.3 is 5.97 Å². The molecule has 9 nitrogen and oxygen atoms in total. The van der Waals surface area contributed by atoms with Crippen molar-refractivity contribution in [2.45, 2.75) is 38.1 Å². The fraction of sp³-hybridized carbons (Fsp3) is 0.316. The van der Waals surface area contributed by atoms with Gasteiger partial charge in [0, 0.05) is 12.1 Å². The molecule has 1 aromatic carbocycles. The first-order valence-corrected chi connectivity index (χ1v) is 8.64. The number of aliphatic hydroxyl groups is 2. The predicted octanol–water partition coefficient (Wildman–Crippen LogP) is 1.42. The number of nitrogens with zero attached hydrogens (tertiary/aromatic N) is 1. The van der Waals surface area contributed by atoms with Crippen molar-refractivity contribution in [3.63, 3.8) is 0 Å². The molecule has 0 saturated heterocycles. The summed E-state index contributed by atoms with van der Waals surface area (Å²) in [5.74, 6) is -4.36. The maximum Gasteiger partial charge on any atom is 0.326 e. The van der Waals surface area contributed by atoms with Crippen LogP contribution in [-0.4, -0.2) is 49.8 Å². The van der Waals surface area contributed by atoms with Gasteiger partial charge < -0.3 is 25.1 Å². The van der Waals surface area contributed by atoms with Gasteiger partial charge in [0.2, 0.25) is 0 Å². The van der Waals surface area contributed by atoms with Gasteiger partial charge in [-0.1, -0.05) is 6.07 Å². The molecule has 2 amide bonds. The summed E-state index contributed by atoms with van der Waals surface area (Å²) in [6, 6.07) is 6.61. The Kier molecular flexibility index (Phi) is 5.21. The Morgan fingerprint density at radius 1 is 1.21 bits per heavy atom. The Hall–Kier alpha value is -3.17. The van der Waals surface area contributed by atoms with E-state index in [1.807, 2.05) is 0 Å². The average Bonchev–Trinajstić information content (AvgIpc) is 3.22. The van der Waals surface area contributed by atoms with Gasteiger partial charge in [0.1, 0.15) is 11.8 Å². The molecule has 0 bridgehead atoms. The minimum atomic E-state index is -2.11. The number of furan rings is 1. The average molecular weight is 388 g/mol. The van der Waals surface area contributed by atoms with Crippen LogP contribution in [0.4, 0.5) is 5.69 Å². The summed E-state index contributed by atoms with van der Waals surface area (Å²) in [4.78, 5) is 38.0. The number of imide groups is 1. The van der Waals surface area contributed by atoms with Crippen molar-refractivity contribution in [2.24, 2.45) is 0 Å². The molecule has 1 unspecified atom stereocenters. The molecule has 1 aliphatic heterocycles. The summed E-state index contributed by atoms with van der Waals surface area (Å²) in [6.07, 6.45) is 0.900. The van der Waals surface area contributed by atoms with Gasteiger partial charge in [-0.05, 0) is 37.6 Å². The van der Waals surface area contributed by atoms with Crippen LogP contribution < -0.4 is 5.32 Å². The topological polar surface area (TPSA) is 140 Å². The smallest absolute Gasteiger partial charge is 0.326 e. The van der Waals surface area contributed by atoms with Crippen LogP contribution in [0.5, 0.6) is 0 Å². The van der Waals surface area contributed by atoms with Crippen LogP contribution in [0.2, 0.25) is 0 Å².